The highest BCUT2D eigenvalue weighted by Gasteiger charge is 2.22. The molecule has 19 heavy (non-hydrogen) atoms. The van der Waals surface area contributed by atoms with E-state index in [0.29, 0.717) is 18.0 Å². The normalized spacial score (nSPS) is 24.9. The SMILES string of the molecule is CC(C)c1ccc(CCN2CCC(N)CC2C)cc1. The largest absolute Gasteiger partial charge is 0.328 e. The van der Waals surface area contributed by atoms with Gasteiger partial charge in [0.15, 0.2) is 0 Å². The molecular formula is C17H28N2. The third-order valence-corrected chi connectivity index (χ3v) is 4.39. The van der Waals surface area contributed by atoms with E-state index in [4.69, 9.17) is 5.73 Å². The van der Waals surface area contributed by atoms with Crippen LogP contribution in [-0.4, -0.2) is 30.1 Å². The molecule has 1 fully saturated rings. The van der Waals surface area contributed by atoms with Crippen molar-refractivity contribution < 1.29 is 0 Å². The first-order chi connectivity index (χ1) is 9.06. The molecule has 0 aromatic heterocycles. The van der Waals surface area contributed by atoms with Crippen molar-refractivity contribution in [2.45, 2.75) is 58.0 Å². The lowest BCUT2D eigenvalue weighted by Gasteiger charge is -2.36. The molecule has 1 aromatic rings. The Hall–Kier alpha value is -0.860. The zero-order valence-electron chi connectivity index (χ0n) is 12.6. The van der Waals surface area contributed by atoms with Gasteiger partial charge in [-0.3, -0.25) is 0 Å². The fraction of sp³-hybridized carbons (Fsp3) is 0.647. The molecule has 1 aromatic carbocycles. The van der Waals surface area contributed by atoms with Crippen molar-refractivity contribution in [2.24, 2.45) is 5.73 Å². The number of nitrogens with zero attached hydrogens (tertiary/aromatic N) is 1. The van der Waals surface area contributed by atoms with Crippen molar-refractivity contribution in [2.75, 3.05) is 13.1 Å². The Morgan fingerprint density at radius 2 is 1.95 bits per heavy atom. The third-order valence-electron chi connectivity index (χ3n) is 4.39. The van der Waals surface area contributed by atoms with Gasteiger partial charge in [-0.1, -0.05) is 38.1 Å². The molecule has 0 radical (unpaired) electrons. The molecule has 2 rings (SSSR count). The molecule has 2 heteroatoms. The number of piperidine rings is 1. The molecule has 2 unspecified atom stereocenters. The summed E-state index contributed by atoms with van der Waals surface area (Å²) in [5, 5.41) is 0. The van der Waals surface area contributed by atoms with Crippen LogP contribution in [-0.2, 0) is 6.42 Å². The first-order valence-corrected chi connectivity index (χ1v) is 7.64. The van der Waals surface area contributed by atoms with Gasteiger partial charge >= 0.3 is 0 Å². The highest BCUT2D eigenvalue weighted by Crippen LogP contribution is 2.18. The van der Waals surface area contributed by atoms with Gasteiger partial charge in [-0.25, -0.2) is 0 Å². The quantitative estimate of drug-likeness (QED) is 0.901. The first-order valence-electron chi connectivity index (χ1n) is 7.64. The van der Waals surface area contributed by atoms with Crippen molar-refractivity contribution in [1.29, 1.82) is 0 Å². The third kappa shape index (κ3) is 4.05. The summed E-state index contributed by atoms with van der Waals surface area (Å²) >= 11 is 0. The summed E-state index contributed by atoms with van der Waals surface area (Å²) < 4.78 is 0. The Balaban J connectivity index is 1.85. The molecule has 0 spiro atoms. The summed E-state index contributed by atoms with van der Waals surface area (Å²) in [6.07, 6.45) is 3.45. The van der Waals surface area contributed by atoms with Gasteiger partial charge in [-0.05, 0) is 49.8 Å². The van der Waals surface area contributed by atoms with Crippen LogP contribution in [0.25, 0.3) is 0 Å². The van der Waals surface area contributed by atoms with E-state index in [1.807, 2.05) is 0 Å². The minimum absolute atomic E-state index is 0.413. The van der Waals surface area contributed by atoms with Crippen LogP contribution in [0.2, 0.25) is 0 Å². The van der Waals surface area contributed by atoms with E-state index in [-0.39, 0.29) is 0 Å². The first kappa shape index (κ1) is 14.5. The zero-order valence-corrected chi connectivity index (χ0v) is 12.6. The fourth-order valence-electron chi connectivity index (χ4n) is 2.93. The van der Waals surface area contributed by atoms with E-state index >= 15 is 0 Å². The fourth-order valence-corrected chi connectivity index (χ4v) is 2.93. The lowest BCUT2D eigenvalue weighted by Crippen LogP contribution is -2.46. The molecule has 2 nitrogen and oxygen atoms in total. The summed E-state index contributed by atoms with van der Waals surface area (Å²) in [5.74, 6) is 0.623. The summed E-state index contributed by atoms with van der Waals surface area (Å²) in [4.78, 5) is 2.58. The number of hydrogen-bond donors (Lipinski definition) is 1. The topological polar surface area (TPSA) is 29.3 Å². The Kier molecular flexibility index (Phi) is 5.00. The molecule has 106 valence electrons. The Bertz CT molecular complexity index is 383. The zero-order chi connectivity index (χ0) is 13.8. The molecule has 0 aliphatic carbocycles. The molecule has 0 amide bonds. The van der Waals surface area contributed by atoms with Crippen molar-refractivity contribution in [1.82, 2.24) is 4.90 Å². The average Bonchev–Trinajstić information content (AvgIpc) is 2.38. The number of rotatable bonds is 4. The van der Waals surface area contributed by atoms with Gasteiger partial charge in [0, 0.05) is 18.6 Å². The minimum Gasteiger partial charge on any atom is -0.328 e. The molecular weight excluding hydrogens is 232 g/mol. The highest BCUT2D eigenvalue weighted by atomic mass is 15.2. The van der Waals surface area contributed by atoms with Crippen LogP contribution in [0.5, 0.6) is 0 Å². The maximum Gasteiger partial charge on any atom is 0.00818 e. The second-order valence-electron chi connectivity index (χ2n) is 6.32. The van der Waals surface area contributed by atoms with Gasteiger partial charge in [-0.15, -0.1) is 0 Å². The van der Waals surface area contributed by atoms with E-state index in [2.05, 4.69) is 49.9 Å². The lowest BCUT2D eigenvalue weighted by molar-refractivity contribution is 0.149. The molecule has 1 saturated heterocycles. The average molecular weight is 260 g/mol. The molecule has 0 bridgehead atoms. The predicted molar refractivity (Wildman–Crippen MR) is 82.5 cm³/mol. The Morgan fingerprint density at radius 1 is 1.26 bits per heavy atom. The highest BCUT2D eigenvalue weighted by molar-refractivity contribution is 5.24. The molecule has 1 aliphatic rings. The van der Waals surface area contributed by atoms with Gasteiger partial charge in [0.1, 0.15) is 0 Å². The van der Waals surface area contributed by atoms with Gasteiger partial charge < -0.3 is 10.6 Å². The summed E-state index contributed by atoms with van der Waals surface area (Å²) in [5.41, 5.74) is 8.89. The predicted octanol–water partition coefficient (Wildman–Crippen LogP) is 3.16. The molecule has 1 heterocycles. The van der Waals surface area contributed by atoms with Gasteiger partial charge in [0.2, 0.25) is 0 Å². The Labute approximate surface area is 118 Å². The second-order valence-corrected chi connectivity index (χ2v) is 6.32. The number of benzene rings is 1. The summed E-state index contributed by atoms with van der Waals surface area (Å²) in [6.45, 7) is 9.11. The molecule has 2 N–H and O–H groups in total. The number of hydrogen-bond acceptors (Lipinski definition) is 2. The van der Waals surface area contributed by atoms with E-state index in [9.17, 15) is 0 Å². The van der Waals surface area contributed by atoms with Gasteiger partial charge in [0.25, 0.3) is 0 Å². The molecule has 0 saturated carbocycles. The van der Waals surface area contributed by atoms with Crippen molar-refractivity contribution in [3.8, 4) is 0 Å². The van der Waals surface area contributed by atoms with Crippen LogP contribution >= 0.6 is 0 Å². The van der Waals surface area contributed by atoms with Crippen LogP contribution < -0.4 is 5.73 Å². The van der Waals surface area contributed by atoms with Crippen LogP contribution in [0.15, 0.2) is 24.3 Å². The lowest BCUT2D eigenvalue weighted by atomic mass is 9.98. The smallest absolute Gasteiger partial charge is 0.00818 e. The standard InChI is InChI=1S/C17H28N2/c1-13(2)16-6-4-15(5-7-16)8-10-19-11-9-17(18)12-14(19)3/h4-7,13-14,17H,8-12,18H2,1-3H3. The van der Waals surface area contributed by atoms with E-state index in [0.717, 1.165) is 32.4 Å². The maximum absolute atomic E-state index is 6.01. The maximum atomic E-state index is 6.01. The number of nitrogens with two attached hydrogens (primary N) is 1. The van der Waals surface area contributed by atoms with Crippen LogP contribution in [0.1, 0.15) is 50.7 Å². The molecule has 2 atom stereocenters. The monoisotopic (exact) mass is 260 g/mol. The summed E-state index contributed by atoms with van der Waals surface area (Å²) in [6, 6.07) is 10.2. The van der Waals surface area contributed by atoms with Crippen LogP contribution in [0, 0.1) is 0 Å². The number of likely N-dealkylation sites (tertiary alicyclic amines) is 1. The van der Waals surface area contributed by atoms with Crippen LogP contribution in [0.3, 0.4) is 0 Å². The van der Waals surface area contributed by atoms with Crippen LogP contribution in [0.4, 0.5) is 0 Å². The molecule has 1 aliphatic heterocycles. The minimum atomic E-state index is 0.413. The summed E-state index contributed by atoms with van der Waals surface area (Å²) in [7, 11) is 0. The van der Waals surface area contributed by atoms with Gasteiger partial charge in [0.05, 0.1) is 0 Å². The van der Waals surface area contributed by atoms with E-state index < -0.39 is 0 Å². The Morgan fingerprint density at radius 3 is 2.53 bits per heavy atom. The second kappa shape index (κ2) is 6.53. The van der Waals surface area contributed by atoms with Gasteiger partial charge in [-0.2, -0.15) is 0 Å². The van der Waals surface area contributed by atoms with E-state index in [1.165, 1.54) is 11.1 Å². The van der Waals surface area contributed by atoms with Crippen molar-refractivity contribution in [3.63, 3.8) is 0 Å². The van der Waals surface area contributed by atoms with Crippen molar-refractivity contribution >= 4 is 0 Å². The van der Waals surface area contributed by atoms with Crippen molar-refractivity contribution in [3.05, 3.63) is 35.4 Å². The van der Waals surface area contributed by atoms with E-state index in [1.54, 1.807) is 0 Å².